The minimum atomic E-state index is -0.0340. The lowest BCUT2D eigenvalue weighted by Crippen LogP contribution is -2.44. The lowest BCUT2D eigenvalue weighted by Gasteiger charge is -2.34. The van der Waals surface area contributed by atoms with Gasteiger partial charge in [-0.2, -0.15) is 0 Å². The summed E-state index contributed by atoms with van der Waals surface area (Å²) in [5.74, 6) is -0.0340. The third kappa shape index (κ3) is 3.76. The van der Waals surface area contributed by atoms with Crippen LogP contribution in [-0.4, -0.2) is 44.0 Å². The molecular weight excluding hydrogens is 350 g/mol. The van der Waals surface area contributed by atoms with Crippen LogP contribution in [0.2, 0.25) is 0 Å². The summed E-state index contributed by atoms with van der Waals surface area (Å²) < 4.78 is 5.71. The van der Waals surface area contributed by atoms with E-state index in [0.717, 1.165) is 54.0 Å². The van der Waals surface area contributed by atoms with Gasteiger partial charge in [0.2, 0.25) is 5.91 Å². The van der Waals surface area contributed by atoms with Gasteiger partial charge >= 0.3 is 0 Å². The molecule has 28 heavy (non-hydrogen) atoms. The Balaban J connectivity index is 1.41. The highest BCUT2D eigenvalue weighted by atomic mass is 16.3. The van der Waals surface area contributed by atoms with Crippen molar-refractivity contribution < 1.29 is 9.21 Å². The van der Waals surface area contributed by atoms with E-state index in [-0.39, 0.29) is 5.91 Å². The number of anilines is 2. The van der Waals surface area contributed by atoms with Gasteiger partial charge in [0, 0.05) is 48.5 Å². The number of carbonyl (C=O) groups excluding carboxylic acids is 1. The van der Waals surface area contributed by atoms with Gasteiger partial charge in [0.25, 0.3) is 0 Å². The fraction of sp³-hybridized carbons (Fsp3) is 0.348. The Morgan fingerprint density at radius 3 is 2.46 bits per heavy atom. The Labute approximate surface area is 165 Å². The molecule has 0 radical (unpaired) electrons. The molecule has 0 saturated carbocycles. The van der Waals surface area contributed by atoms with E-state index in [1.807, 2.05) is 25.1 Å². The molecule has 2 heterocycles. The molecule has 5 heteroatoms. The summed E-state index contributed by atoms with van der Waals surface area (Å²) in [5.41, 5.74) is 6.14. The third-order valence-electron chi connectivity index (χ3n) is 5.71. The first-order chi connectivity index (χ1) is 13.5. The summed E-state index contributed by atoms with van der Waals surface area (Å²) in [6.45, 7) is 8.35. The van der Waals surface area contributed by atoms with Crippen molar-refractivity contribution in [1.82, 2.24) is 4.90 Å². The topological polar surface area (TPSA) is 48.7 Å². The third-order valence-corrected chi connectivity index (χ3v) is 5.71. The van der Waals surface area contributed by atoms with Gasteiger partial charge in [0.1, 0.15) is 5.58 Å². The van der Waals surface area contributed by atoms with Crippen LogP contribution in [0.1, 0.15) is 16.7 Å². The van der Waals surface area contributed by atoms with Gasteiger partial charge in [-0.15, -0.1) is 0 Å². The van der Waals surface area contributed by atoms with Crippen LogP contribution in [0.25, 0.3) is 11.0 Å². The zero-order chi connectivity index (χ0) is 19.7. The number of amides is 1. The van der Waals surface area contributed by atoms with E-state index < -0.39 is 0 Å². The second-order valence-electron chi connectivity index (χ2n) is 7.71. The van der Waals surface area contributed by atoms with E-state index in [2.05, 4.69) is 47.3 Å². The van der Waals surface area contributed by atoms with Gasteiger partial charge in [-0.1, -0.05) is 12.1 Å². The zero-order valence-corrected chi connectivity index (χ0v) is 16.8. The smallest absolute Gasteiger partial charge is 0.228 e. The predicted molar refractivity (Wildman–Crippen MR) is 114 cm³/mol. The molecule has 146 valence electrons. The van der Waals surface area contributed by atoms with Crippen LogP contribution < -0.4 is 10.2 Å². The normalized spacial score (nSPS) is 15.2. The number of nitrogens with one attached hydrogen (secondary N) is 1. The summed E-state index contributed by atoms with van der Waals surface area (Å²) in [6.07, 6.45) is 2.00. The van der Waals surface area contributed by atoms with Crippen LogP contribution in [0.4, 0.5) is 11.4 Å². The second-order valence-corrected chi connectivity index (χ2v) is 7.71. The number of nitrogens with zero attached hydrogens (tertiary/aromatic N) is 2. The van der Waals surface area contributed by atoms with E-state index in [0.29, 0.717) is 6.42 Å². The van der Waals surface area contributed by atoms with Gasteiger partial charge in [0.05, 0.1) is 12.7 Å². The summed E-state index contributed by atoms with van der Waals surface area (Å²) in [5, 5.41) is 4.02. The highest BCUT2D eigenvalue weighted by Crippen LogP contribution is 2.27. The molecule has 1 saturated heterocycles. The molecule has 0 atom stereocenters. The minimum Gasteiger partial charge on any atom is -0.464 e. The standard InChI is InChI=1S/C23H27N3O2/c1-16-4-9-21-18(15-28-23(21)17(16)2)14-22(27)24-19-5-7-20(8-6-19)26-12-10-25(3)11-13-26/h4-9,15H,10-14H2,1-3H3,(H,24,27). The maximum absolute atomic E-state index is 12.5. The Bertz CT molecular complexity index is 983. The minimum absolute atomic E-state index is 0.0340. The first-order valence-corrected chi connectivity index (χ1v) is 9.81. The fourth-order valence-corrected chi connectivity index (χ4v) is 3.72. The maximum atomic E-state index is 12.5. The molecule has 0 unspecified atom stereocenters. The summed E-state index contributed by atoms with van der Waals surface area (Å²) in [6, 6.07) is 12.2. The van der Waals surface area contributed by atoms with Crippen molar-refractivity contribution in [3.8, 4) is 0 Å². The fourth-order valence-electron chi connectivity index (χ4n) is 3.72. The SMILES string of the molecule is Cc1ccc2c(CC(=O)Nc3ccc(N4CCN(C)CC4)cc3)coc2c1C. The van der Waals surface area contributed by atoms with Crippen molar-refractivity contribution in [2.24, 2.45) is 0 Å². The van der Waals surface area contributed by atoms with Crippen molar-refractivity contribution in [2.45, 2.75) is 20.3 Å². The zero-order valence-electron chi connectivity index (χ0n) is 16.8. The second kappa shape index (κ2) is 7.68. The highest BCUT2D eigenvalue weighted by molar-refractivity contribution is 5.96. The van der Waals surface area contributed by atoms with Gasteiger partial charge in [-0.05, 0) is 56.3 Å². The molecule has 3 aromatic rings. The predicted octanol–water partition coefficient (Wildman–Crippen LogP) is 3.98. The number of rotatable bonds is 4. The van der Waals surface area contributed by atoms with Gasteiger partial charge in [-0.3, -0.25) is 4.79 Å². The number of fused-ring (bicyclic) bond motifs is 1. The Morgan fingerprint density at radius 1 is 1.04 bits per heavy atom. The van der Waals surface area contributed by atoms with E-state index in [9.17, 15) is 4.79 Å². The van der Waals surface area contributed by atoms with Crippen molar-refractivity contribution >= 4 is 28.3 Å². The Morgan fingerprint density at radius 2 is 1.75 bits per heavy atom. The number of benzene rings is 2. The molecule has 0 aliphatic carbocycles. The van der Waals surface area contributed by atoms with Gasteiger partial charge < -0.3 is 19.5 Å². The number of piperazine rings is 1. The van der Waals surface area contributed by atoms with Crippen LogP contribution in [0, 0.1) is 13.8 Å². The van der Waals surface area contributed by atoms with Crippen molar-refractivity contribution in [3.05, 3.63) is 59.4 Å². The summed E-state index contributed by atoms with van der Waals surface area (Å²) in [4.78, 5) is 17.3. The van der Waals surface area contributed by atoms with Gasteiger partial charge in [0.15, 0.2) is 0 Å². The molecular formula is C23H27N3O2. The van der Waals surface area contributed by atoms with Crippen LogP contribution in [0.5, 0.6) is 0 Å². The number of aryl methyl sites for hydroxylation is 2. The largest absolute Gasteiger partial charge is 0.464 e. The number of hydrogen-bond donors (Lipinski definition) is 1. The molecule has 1 amide bonds. The van der Waals surface area contributed by atoms with Crippen molar-refractivity contribution in [3.63, 3.8) is 0 Å². The van der Waals surface area contributed by atoms with E-state index in [1.54, 1.807) is 6.26 Å². The molecule has 1 fully saturated rings. The quantitative estimate of drug-likeness (QED) is 0.747. The molecule has 0 bridgehead atoms. The first-order valence-electron chi connectivity index (χ1n) is 9.81. The lowest BCUT2D eigenvalue weighted by atomic mass is 10.0. The van der Waals surface area contributed by atoms with Crippen LogP contribution in [-0.2, 0) is 11.2 Å². The van der Waals surface area contributed by atoms with Crippen LogP contribution in [0.3, 0.4) is 0 Å². The molecule has 5 nitrogen and oxygen atoms in total. The number of furan rings is 1. The first kappa shape index (κ1) is 18.6. The maximum Gasteiger partial charge on any atom is 0.228 e. The number of hydrogen-bond acceptors (Lipinski definition) is 4. The molecule has 0 spiro atoms. The van der Waals surface area contributed by atoms with Crippen LogP contribution >= 0.6 is 0 Å². The lowest BCUT2D eigenvalue weighted by molar-refractivity contribution is -0.115. The molecule has 4 rings (SSSR count). The summed E-state index contributed by atoms with van der Waals surface area (Å²) >= 11 is 0. The van der Waals surface area contributed by atoms with Crippen molar-refractivity contribution in [1.29, 1.82) is 0 Å². The average molecular weight is 377 g/mol. The van der Waals surface area contributed by atoms with Crippen LogP contribution in [0.15, 0.2) is 47.1 Å². The number of likely N-dealkylation sites (N-methyl/N-ethyl adjacent to an activating group) is 1. The van der Waals surface area contributed by atoms with E-state index >= 15 is 0 Å². The van der Waals surface area contributed by atoms with Crippen molar-refractivity contribution in [2.75, 3.05) is 43.4 Å². The molecule has 2 aromatic carbocycles. The molecule has 1 aliphatic heterocycles. The van der Waals surface area contributed by atoms with Gasteiger partial charge in [-0.25, -0.2) is 0 Å². The number of carbonyl (C=O) groups is 1. The Kier molecular flexibility index (Phi) is 5.09. The molecule has 1 aromatic heterocycles. The molecule has 1 aliphatic rings. The highest BCUT2D eigenvalue weighted by Gasteiger charge is 2.15. The monoisotopic (exact) mass is 377 g/mol. The summed E-state index contributed by atoms with van der Waals surface area (Å²) in [7, 11) is 2.15. The molecule has 1 N–H and O–H groups in total. The average Bonchev–Trinajstić information content (AvgIpc) is 3.09. The van der Waals surface area contributed by atoms with E-state index in [1.165, 1.54) is 11.3 Å². The Hall–Kier alpha value is -2.79. The van der Waals surface area contributed by atoms with E-state index in [4.69, 9.17) is 4.42 Å².